The summed E-state index contributed by atoms with van der Waals surface area (Å²) >= 11 is 4.86. The van der Waals surface area contributed by atoms with E-state index in [2.05, 4.69) is 15.9 Å². The monoisotopic (exact) mass is 274 g/mol. The van der Waals surface area contributed by atoms with Gasteiger partial charge in [-0.3, -0.25) is 4.79 Å². The third-order valence-corrected chi connectivity index (χ3v) is 2.99. The number of halogens is 1. The van der Waals surface area contributed by atoms with Gasteiger partial charge in [-0.25, -0.2) is 0 Å². The van der Waals surface area contributed by atoms with E-state index in [1.807, 2.05) is 18.4 Å². The number of carbonyl (C=O) groups is 1. The van der Waals surface area contributed by atoms with Crippen LogP contribution in [0.15, 0.2) is 22.7 Å². The molecule has 1 aromatic rings. The summed E-state index contributed by atoms with van der Waals surface area (Å²) in [5.74, 6) is 1.31. The molecule has 0 atom stereocenters. The predicted octanol–water partition coefficient (Wildman–Crippen LogP) is 3.00. The van der Waals surface area contributed by atoms with Gasteiger partial charge in [-0.05, 0) is 24.5 Å². The van der Waals surface area contributed by atoms with Crippen molar-refractivity contribution in [2.24, 2.45) is 0 Å². The van der Waals surface area contributed by atoms with E-state index < -0.39 is 0 Å². The average molecular weight is 275 g/mol. The Balaban J connectivity index is 2.99. The van der Waals surface area contributed by atoms with E-state index in [9.17, 15) is 4.79 Å². The van der Waals surface area contributed by atoms with E-state index in [1.54, 1.807) is 13.2 Å². The van der Waals surface area contributed by atoms with Gasteiger partial charge in [0.15, 0.2) is 5.78 Å². The van der Waals surface area contributed by atoms with Crippen molar-refractivity contribution in [3.8, 4) is 5.75 Å². The van der Waals surface area contributed by atoms with Crippen LogP contribution in [0.4, 0.5) is 0 Å². The Labute approximate surface area is 96.2 Å². The molecule has 0 amide bonds. The maximum atomic E-state index is 11.6. The number of hydrogen-bond acceptors (Lipinski definition) is 3. The average Bonchev–Trinajstić information content (AvgIpc) is 2.19. The first-order valence-corrected chi connectivity index (χ1v) is 6.23. The van der Waals surface area contributed by atoms with Crippen molar-refractivity contribution < 1.29 is 9.53 Å². The highest BCUT2D eigenvalue weighted by Gasteiger charge is 2.10. The van der Waals surface area contributed by atoms with Crippen molar-refractivity contribution in [3.63, 3.8) is 0 Å². The summed E-state index contributed by atoms with van der Waals surface area (Å²) in [5.41, 5.74) is 0.679. The van der Waals surface area contributed by atoms with Crippen LogP contribution in [0, 0.1) is 0 Å². The summed E-state index contributed by atoms with van der Waals surface area (Å²) in [5, 5.41) is 0. The lowest BCUT2D eigenvalue weighted by atomic mass is 10.1. The molecule has 76 valence electrons. The van der Waals surface area contributed by atoms with Gasteiger partial charge in [-0.2, -0.15) is 11.8 Å². The minimum atomic E-state index is 0.114. The van der Waals surface area contributed by atoms with Gasteiger partial charge in [-0.15, -0.1) is 0 Å². The molecule has 0 N–H and O–H groups in total. The molecule has 2 nitrogen and oxygen atoms in total. The Morgan fingerprint density at radius 3 is 2.86 bits per heavy atom. The van der Waals surface area contributed by atoms with Crippen molar-refractivity contribution in [2.75, 3.05) is 19.1 Å². The lowest BCUT2D eigenvalue weighted by molar-refractivity contribution is 0.102. The van der Waals surface area contributed by atoms with Crippen molar-refractivity contribution >= 4 is 33.5 Å². The first-order valence-electron chi connectivity index (χ1n) is 4.04. The summed E-state index contributed by atoms with van der Waals surface area (Å²) in [6, 6.07) is 5.40. The van der Waals surface area contributed by atoms with Crippen LogP contribution >= 0.6 is 27.7 Å². The predicted molar refractivity (Wildman–Crippen MR) is 63.4 cm³/mol. The number of ketones is 1. The molecule has 0 fully saturated rings. The summed E-state index contributed by atoms with van der Waals surface area (Å²) < 4.78 is 5.88. The molecule has 0 unspecified atom stereocenters. The molecular formula is C10H11BrO2S. The zero-order valence-corrected chi connectivity index (χ0v) is 10.4. The number of benzene rings is 1. The molecule has 4 heteroatoms. The van der Waals surface area contributed by atoms with Crippen LogP contribution in [-0.4, -0.2) is 24.9 Å². The Kier molecular flexibility index (Phi) is 4.48. The van der Waals surface area contributed by atoms with Gasteiger partial charge in [0.1, 0.15) is 5.75 Å². The highest BCUT2D eigenvalue weighted by Crippen LogP contribution is 2.23. The number of hydrogen-bond donors (Lipinski definition) is 0. The number of rotatable bonds is 4. The summed E-state index contributed by atoms with van der Waals surface area (Å²) in [6.07, 6.45) is 1.91. The Hall–Kier alpha value is -0.480. The fourth-order valence-corrected chi connectivity index (χ4v) is 1.94. The maximum Gasteiger partial charge on any atom is 0.173 e. The highest BCUT2D eigenvalue weighted by molar-refractivity contribution is 9.10. The van der Waals surface area contributed by atoms with E-state index >= 15 is 0 Å². The Morgan fingerprint density at radius 1 is 1.57 bits per heavy atom. The molecule has 0 aromatic heterocycles. The zero-order valence-electron chi connectivity index (χ0n) is 8.04. The van der Waals surface area contributed by atoms with Crippen molar-refractivity contribution in [2.45, 2.75) is 0 Å². The largest absolute Gasteiger partial charge is 0.497 e. The molecule has 1 aromatic carbocycles. The standard InChI is InChI=1S/C10H11BrO2S/c1-13-7-3-4-9(11)8(5-7)10(12)6-14-2/h3-5H,6H2,1-2H3. The Morgan fingerprint density at radius 2 is 2.29 bits per heavy atom. The van der Waals surface area contributed by atoms with Crippen LogP contribution < -0.4 is 4.74 Å². The number of carbonyl (C=O) groups excluding carboxylic acids is 1. The maximum absolute atomic E-state index is 11.6. The smallest absolute Gasteiger partial charge is 0.173 e. The third kappa shape index (κ3) is 2.75. The second-order valence-electron chi connectivity index (χ2n) is 2.70. The quantitative estimate of drug-likeness (QED) is 0.790. The minimum absolute atomic E-state index is 0.114. The summed E-state index contributed by atoms with van der Waals surface area (Å²) in [7, 11) is 1.59. The van der Waals surface area contributed by atoms with Crippen LogP contribution in [0.3, 0.4) is 0 Å². The number of methoxy groups -OCH3 is 1. The van der Waals surface area contributed by atoms with E-state index in [-0.39, 0.29) is 5.78 Å². The van der Waals surface area contributed by atoms with Crippen LogP contribution in [0.5, 0.6) is 5.75 Å². The molecule has 0 aliphatic rings. The first kappa shape index (κ1) is 11.6. The van der Waals surface area contributed by atoms with Gasteiger partial charge in [0.2, 0.25) is 0 Å². The van der Waals surface area contributed by atoms with E-state index in [0.29, 0.717) is 17.1 Å². The molecule has 0 heterocycles. The third-order valence-electron chi connectivity index (χ3n) is 1.75. The molecule has 0 aliphatic carbocycles. The molecule has 0 saturated carbocycles. The lowest BCUT2D eigenvalue weighted by Gasteiger charge is -2.05. The zero-order chi connectivity index (χ0) is 10.6. The van der Waals surface area contributed by atoms with Gasteiger partial charge < -0.3 is 4.74 Å². The highest BCUT2D eigenvalue weighted by atomic mass is 79.9. The van der Waals surface area contributed by atoms with Gasteiger partial charge in [0, 0.05) is 10.0 Å². The van der Waals surface area contributed by atoms with Gasteiger partial charge in [0.25, 0.3) is 0 Å². The first-order chi connectivity index (χ1) is 6.69. The van der Waals surface area contributed by atoms with Gasteiger partial charge >= 0.3 is 0 Å². The Bertz CT molecular complexity index is 339. The minimum Gasteiger partial charge on any atom is -0.497 e. The second kappa shape index (κ2) is 5.41. The van der Waals surface area contributed by atoms with Crippen molar-refractivity contribution in [3.05, 3.63) is 28.2 Å². The number of thioether (sulfide) groups is 1. The molecule has 0 aliphatic heterocycles. The van der Waals surface area contributed by atoms with Crippen LogP contribution in [0.1, 0.15) is 10.4 Å². The summed E-state index contributed by atoms with van der Waals surface area (Å²) in [4.78, 5) is 11.6. The molecule has 0 spiro atoms. The molecule has 1 rings (SSSR count). The number of Topliss-reactive ketones (excluding diaryl/α,β-unsaturated/α-hetero) is 1. The van der Waals surface area contributed by atoms with E-state index in [1.165, 1.54) is 11.8 Å². The SMILES string of the molecule is COc1ccc(Br)c(C(=O)CSC)c1. The molecule has 0 saturated heterocycles. The molecule has 0 bridgehead atoms. The molecular weight excluding hydrogens is 264 g/mol. The van der Waals surface area contributed by atoms with Crippen LogP contribution in [-0.2, 0) is 0 Å². The second-order valence-corrected chi connectivity index (χ2v) is 4.42. The lowest BCUT2D eigenvalue weighted by Crippen LogP contribution is -2.03. The number of ether oxygens (including phenoxy) is 1. The van der Waals surface area contributed by atoms with E-state index in [0.717, 1.165) is 4.47 Å². The van der Waals surface area contributed by atoms with Crippen molar-refractivity contribution in [1.82, 2.24) is 0 Å². The molecule has 0 radical (unpaired) electrons. The fourth-order valence-electron chi connectivity index (χ4n) is 1.05. The normalized spacial score (nSPS) is 9.93. The topological polar surface area (TPSA) is 26.3 Å². The van der Waals surface area contributed by atoms with E-state index in [4.69, 9.17) is 4.74 Å². The van der Waals surface area contributed by atoms with Gasteiger partial charge in [0.05, 0.1) is 12.9 Å². The van der Waals surface area contributed by atoms with Crippen molar-refractivity contribution in [1.29, 1.82) is 0 Å². The fraction of sp³-hybridized carbons (Fsp3) is 0.300. The summed E-state index contributed by atoms with van der Waals surface area (Å²) in [6.45, 7) is 0. The van der Waals surface area contributed by atoms with Crippen LogP contribution in [0.25, 0.3) is 0 Å². The van der Waals surface area contributed by atoms with Crippen LogP contribution in [0.2, 0.25) is 0 Å². The molecule has 14 heavy (non-hydrogen) atoms. The van der Waals surface area contributed by atoms with Gasteiger partial charge in [-0.1, -0.05) is 15.9 Å².